The first kappa shape index (κ1) is 12.8. The molecule has 2 fully saturated rings. The van der Waals surface area contributed by atoms with Crippen molar-refractivity contribution < 1.29 is 9.90 Å². The van der Waals surface area contributed by atoms with Crippen molar-refractivity contribution in [2.45, 2.75) is 38.5 Å². The van der Waals surface area contributed by atoms with Crippen LogP contribution >= 0.6 is 0 Å². The summed E-state index contributed by atoms with van der Waals surface area (Å²) in [5.41, 5.74) is 5.64. The van der Waals surface area contributed by atoms with E-state index in [2.05, 4.69) is 0 Å². The molecule has 1 aliphatic carbocycles. The smallest absolute Gasteiger partial charge is 0.223 e. The van der Waals surface area contributed by atoms with Gasteiger partial charge < -0.3 is 15.7 Å². The predicted molar refractivity (Wildman–Crippen MR) is 66.3 cm³/mol. The van der Waals surface area contributed by atoms with E-state index in [1.807, 2.05) is 4.90 Å². The normalized spacial score (nSPS) is 27.6. The average molecular weight is 240 g/mol. The zero-order chi connectivity index (χ0) is 12.3. The Morgan fingerprint density at radius 1 is 1.35 bits per heavy atom. The molecule has 0 bridgehead atoms. The van der Waals surface area contributed by atoms with E-state index in [4.69, 9.17) is 5.73 Å². The largest absolute Gasteiger partial charge is 0.396 e. The second-order valence-electron chi connectivity index (χ2n) is 5.62. The Bertz CT molecular complexity index is 275. The highest BCUT2D eigenvalue weighted by molar-refractivity contribution is 5.76. The predicted octanol–water partition coefficient (Wildman–Crippen LogP) is 0.736. The van der Waals surface area contributed by atoms with E-state index in [0.717, 1.165) is 13.1 Å². The lowest BCUT2D eigenvalue weighted by Gasteiger charge is -2.37. The van der Waals surface area contributed by atoms with Gasteiger partial charge in [0.05, 0.1) is 0 Å². The third kappa shape index (κ3) is 2.47. The number of rotatable bonds is 3. The topological polar surface area (TPSA) is 66.6 Å². The van der Waals surface area contributed by atoms with E-state index in [0.29, 0.717) is 13.0 Å². The molecule has 4 nitrogen and oxygen atoms in total. The van der Waals surface area contributed by atoms with Crippen LogP contribution in [0.1, 0.15) is 38.5 Å². The number of carbonyl (C=O) groups is 1. The quantitative estimate of drug-likeness (QED) is 0.764. The summed E-state index contributed by atoms with van der Waals surface area (Å²) in [7, 11) is 0. The summed E-state index contributed by atoms with van der Waals surface area (Å²) in [6.07, 6.45) is 6.57. The Morgan fingerprint density at radius 2 is 2.06 bits per heavy atom. The third-order valence-electron chi connectivity index (χ3n) is 4.59. The first-order valence-corrected chi connectivity index (χ1v) is 6.80. The highest BCUT2D eigenvalue weighted by atomic mass is 16.3. The number of aliphatic hydroxyl groups excluding tert-OH is 1. The number of hydrogen-bond donors (Lipinski definition) is 2. The lowest BCUT2D eigenvalue weighted by molar-refractivity contribution is -0.130. The number of hydrogen-bond acceptors (Lipinski definition) is 3. The van der Waals surface area contributed by atoms with Crippen molar-refractivity contribution in [3.8, 4) is 0 Å². The molecule has 1 saturated carbocycles. The van der Waals surface area contributed by atoms with Crippen LogP contribution in [0.15, 0.2) is 0 Å². The lowest BCUT2D eigenvalue weighted by Crippen LogP contribution is -2.35. The van der Waals surface area contributed by atoms with Gasteiger partial charge in [0.25, 0.3) is 0 Å². The first-order valence-electron chi connectivity index (χ1n) is 6.80. The van der Waals surface area contributed by atoms with Crippen LogP contribution in [0.2, 0.25) is 0 Å². The molecular formula is C13H24N2O2. The van der Waals surface area contributed by atoms with Gasteiger partial charge in [0, 0.05) is 38.6 Å². The average Bonchev–Trinajstić information content (AvgIpc) is 2.69. The van der Waals surface area contributed by atoms with Crippen LogP contribution in [0.3, 0.4) is 0 Å². The van der Waals surface area contributed by atoms with Crippen LogP contribution in [0.5, 0.6) is 0 Å². The van der Waals surface area contributed by atoms with Gasteiger partial charge in [-0.15, -0.1) is 0 Å². The van der Waals surface area contributed by atoms with E-state index < -0.39 is 0 Å². The molecule has 2 rings (SSSR count). The van der Waals surface area contributed by atoms with Crippen molar-refractivity contribution in [3.63, 3.8) is 0 Å². The molecule has 1 saturated heterocycles. The molecule has 1 heterocycles. The number of aliphatic hydroxyl groups is 1. The fraction of sp³-hybridized carbons (Fsp3) is 0.923. The maximum absolute atomic E-state index is 11.9. The van der Waals surface area contributed by atoms with E-state index in [9.17, 15) is 9.90 Å². The molecule has 1 spiro atoms. The number of nitrogens with two attached hydrogens (primary N) is 1. The van der Waals surface area contributed by atoms with Crippen LogP contribution in [-0.4, -0.2) is 42.2 Å². The fourth-order valence-electron chi connectivity index (χ4n) is 3.58. The van der Waals surface area contributed by atoms with Gasteiger partial charge in [-0.25, -0.2) is 0 Å². The third-order valence-corrected chi connectivity index (χ3v) is 4.59. The second kappa shape index (κ2) is 5.36. The lowest BCUT2D eigenvalue weighted by atomic mass is 9.68. The van der Waals surface area contributed by atoms with E-state index in [1.54, 1.807) is 0 Å². The molecule has 2 aliphatic rings. The van der Waals surface area contributed by atoms with E-state index in [1.165, 1.54) is 32.1 Å². The highest BCUT2D eigenvalue weighted by Gasteiger charge is 2.47. The minimum absolute atomic E-state index is 0.161. The molecular weight excluding hydrogens is 216 g/mol. The summed E-state index contributed by atoms with van der Waals surface area (Å²) in [5, 5.41) is 9.55. The van der Waals surface area contributed by atoms with Crippen molar-refractivity contribution in [3.05, 3.63) is 0 Å². The van der Waals surface area contributed by atoms with Crippen LogP contribution in [-0.2, 0) is 4.79 Å². The molecule has 0 aromatic carbocycles. The zero-order valence-corrected chi connectivity index (χ0v) is 10.5. The van der Waals surface area contributed by atoms with Crippen LogP contribution < -0.4 is 5.73 Å². The van der Waals surface area contributed by atoms with Crippen LogP contribution in [0, 0.1) is 11.3 Å². The summed E-state index contributed by atoms with van der Waals surface area (Å²) >= 11 is 0. The Morgan fingerprint density at radius 3 is 2.65 bits per heavy atom. The maximum Gasteiger partial charge on any atom is 0.223 e. The van der Waals surface area contributed by atoms with Crippen molar-refractivity contribution in [1.29, 1.82) is 0 Å². The van der Waals surface area contributed by atoms with Crippen LogP contribution in [0.4, 0.5) is 0 Å². The molecule has 98 valence electrons. The molecule has 1 atom stereocenters. The van der Waals surface area contributed by atoms with E-state index >= 15 is 0 Å². The number of nitrogens with zero attached hydrogens (tertiary/aromatic N) is 1. The Balaban J connectivity index is 2.04. The minimum atomic E-state index is 0.161. The number of carbonyl (C=O) groups excluding carboxylic acids is 1. The van der Waals surface area contributed by atoms with Crippen molar-refractivity contribution >= 4 is 5.91 Å². The van der Waals surface area contributed by atoms with E-state index in [-0.39, 0.29) is 23.8 Å². The van der Waals surface area contributed by atoms with Crippen LogP contribution in [0.25, 0.3) is 0 Å². The van der Waals surface area contributed by atoms with Gasteiger partial charge >= 0.3 is 0 Å². The van der Waals surface area contributed by atoms with Gasteiger partial charge in [-0.3, -0.25) is 4.79 Å². The summed E-state index contributed by atoms with van der Waals surface area (Å²) < 4.78 is 0. The number of amides is 1. The Hall–Kier alpha value is -0.610. The molecule has 1 aliphatic heterocycles. The molecule has 1 amide bonds. The van der Waals surface area contributed by atoms with Crippen molar-refractivity contribution in [2.75, 3.05) is 26.2 Å². The monoisotopic (exact) mass is 240 g/mol. The highest BCUT2D eigenvalue weighted by Crippen LogP contribution is 2.47. The summed E-state index contributed by atoms with van der Waals surface area (Å²) in [6, 6.07) is 0. The summed E-state index contributed by atoms with van der Waals surface area (Å²) in [4.78, 5) is 13.8. The molecule has 0 radical (unpaired) electrons. The van der Waals surface area contributed by atoms with Gasteiger partial charge in [0.2, 0.25) is 5.91 Å². The second-order valence-corrected chi connectivity index (χ2v) is 5.62. The first-order chi connectivity index (χ1) is 8.22. The van der Waals surface area contributed by atoms with Crippen molar-refractivity contribution in [1.82, 2.24) is 4.90 Å². The van der Waals surface area contributed by atoms with Crippen molar-refractivity contribution in [2.24, 2.45) is 17.1 Å². The molecule has 0 aromatic rings. The molecule has 1 unspecified atom stereocenters. The molecule has 3 N–H and O–H groups in total. The van der Waals surface area contributed by atoms with Gasteiger partial charge in [0.1, 0.15) is 0 Å². The van der Waals surface area contributed by atoms with Gasteiger partial charge in [-0.05, 0) is 18.3 Å². The SMILES string of the molecule is NCCC(=O)N1CC(CO)C2(CCCCC2)C1. The number of likely N-dealkylation sites (tertiary alicyclic amines) is 1. The molecule has 17 heavy (non-hydrogen) atoms. The minimum Gasteiger partial charge on any atom is -0.396 e. The van der Waals surface area contributed by atoms with Gasteiger partial charge in [-0.2, -0.15) is 0 Å². The fourth-order valence-corrected chi connectivity index (χ4v) is 3.58. The maximum atomic E-state index is 11.9. The van der Waals surface area contributed by atoms with Gasteiger partial charge in [-0.1, -0.05) is 19.3 Å². The summed E-state index contributed by atoms with van der Waals surface area (Å²) in [5.74, 6) is 0.443. The van der Waals surface area contributed by atoms with Gasteiger partial charge in [0.15, 0.2) is 0 Å². The standard InChI is InChI=1S/C13H24N2O2/c14-7-4-12(17)15-8-11(9-16)13(10-15)5-2-1-3-6-13/h11,16H,1-10,14H2. The molecule has 4 heteroatoms. The molecule has 0 aromatic heterocycles. The zero-order valence-electron chi connectivity index (χ0n) is 10.5. The summed E-state index contributed by atoms with van der Waals surface area (Å²) in [6.45, 7) is 2.21. The Kier molecular flexibility index (Phi) is 4.05. The Labute approximate surface area is 103 Å².